The molecule has 32 heavy (non-hydrogen) atoms. The number of nitrogens with zero attached hydrogens (tertiary/aromatic N) is 1. The molecule has 2 aromatic carbocycles. The predicted molar refractivity (Wildman–Crippen MR) is 130 cm³/mol. The maximum atomic E-state index is 12.3. The SMILES string of the molecule is CCC(CCN1CCCCCC1=O)NC(C)Cc1cccc(-c2ccccc2C(N)=O)c1. The standard InChI is InChI=1S/C27H37N3O2/c1-3-23(15-17-30-16-8-4-5-14-26(30)31)29-20(2)18-21-10-9-11-22(19-21)24-12-6-7-13-25(24)27(28)32/h6-7,9-13,19-20,23,29H,3-5,8,14-18H2,1-2H3,(H2,28,32). The summed E-state index contributed by atoms with van der Waals surface area (Å²) in [6, 6.07) is 16.5. The smallest absolute Gasteiger partial charge is 0.249 e. The molecule has 3 rings (SSSR count). The predicted octanol–water partition coefficient (Wildman–Crippen LogP) is 4.54. The van der Waals surface area contributed by atoms with Gasteiger partial charge in [-0.25, -0.2) is 0 Å². The van der Waals surface area contributed by atoms with E-state index < -0.39 is 5.91 Å². The van der Waals surface area contributed by atoms with Gasteiger partial charge >= 0.3 is 0 Å². The Morgan fingerprint density at radius 2 is 1.94 bits per heavy atom. The lowest BCUT2D eigenvalue weighted by atomic mass is 9.96. The largest absolute Gasteiger partial charge is 0.366 e. The maximum absolute atomic E-state index is 12.3. The Morgan fingerprint density at radius 1 is 1.12 bits per heavy atom. The fourth-order valence-corrected chi connectivity index (χ4v) is 4.62. The number of nitrogens with two attached hydrogens (primary N) is 1. The highest BCUT2D eigenvalue weighted by atomic mass is 16.2. The number of carbonyl (C=O) groups excluding carboxylic acids is 2. The molecule has 2 aromatic rings. The molecule has 0 spiro atoms. The zero-order valence-corrected chi connectivity index (χ0v) is 19.5. The molecule has 2 amide bonds. The lowest BCUT2D eigenvalue weighted by Crippen LogP contribution is -2.41. The fraction of sp³-hybridized carbons (Fsp3) is 0.481. The Balaban J connectivity index is 1.59. The minimum Gasteiger partial charge on any atom is -0.366 e. The summed E-state index contributed by atoms with van der Waals surface area (Å²) < 4.78 is 0. The molecule has 1 heterocycles. The first-order valence-corrected chi connectivity index (χ1v) is 12.0. The van der Waals surface area contributed by atoms with Crippen molar-refractivity contribution in [3.05, 3.63) is 59.7 Å². The minimum atomic E-state index is -0.408. The number of nitrogens with one attached hydrogen (secondary N) is 1. The van der Waals surface area contributed by atoms with E-state index in [-0.39, 0.29) is 0 Å². The van der Waals surface area contributed by atoms with Crippen LogP contribution in [0.3, 0.4) is 0 Å². The Hall–Kier alpha value is -2.66. The number of likely N-dealkylation sites (tertiary alicyclic amines) is 1. The third-order valence-electron chi connectivity index (χ3n) is 6.40. The Labute approximate surface area is 192 Å². The van der Waals surface area contributed by atoms with Crippen LogP contribution in [0.25, 0.3) is 11.1 Å². The Morgan fingerprint density at radius 3 is 2.72 bits per heavy atom. The summed E-state index contributed by atoms with van der Waals surface area (Å²) in [4.78, 5) is 26.1. The number of carbonyl (C=O) groups is 2. The van der Waals surface area contributed by atoms with Gasteiger partial charge in [0.05, 0.1) is 0 Å². The first kappa shape index (κ1) is 24.0. The molecule has 1 saturated heterocycles. The van der Waals surface area contributed by atoms with Gasteiger partial charge in [-0.15, -0.1) is 0 Å². The highest BCUT2D eigenvalue weighted by Crippen LogP contribution is 2.25. The van der Waals surface area contributed by atoms with Gasteiger partial charge in [-0.1, -0.05) is 55.8 Å². The number of primary amides is 1. The van der Waals surface area contributed by atoms with Crippen molar-refractivity contribution < 1.29 is 9.59 Å². The highest BCUT2D eigenvalue weighted by Gasteiger charge is 2.19. The van der Waals surface area contributed by atoms with E-state index in [2.05, 4.69) is 36.2 Å². The van der Waals surface area contributed by atoms with Crippen molar-refractivity contribution in [3.63, 3.8) is 0 Å². The number of amides is 2. The Kier molecular flexibility index (Phi) is 8.86. The second-order valence-corrected chi connectivity index (χ2v) is 8.97. The topological polar surface area (TPSA) is 75.4 Å². The molecule has 2 atom stereocenters. The van der Waals surface area contributed by atoms with Gasteiger partial charge in [0, 0.05) is 37.2 Å². The van der Waals surface area contributed by atoms with Crippen LogP contribution in [0.5, 0.6) is 0 Å². The number of benzene rings is 2. The molecule has 1 aliphatic heterocycles. The van der Waals surface area contributed by atoms with Gasteiger partial charge < -0.3 is 16.0 Å². The summed E-state index contributed by atoms with van der Waals surface area (Å²) in [5, 5.41) is 3.76. The fourth-order valence-electron chi connectivity index (χ4n) is 4.62. The molecule has 0 aromatic heterocycles. The normalized spacial score (nSPS) is 16.4. The van der Waals surface area contributed by atoms with Crippen molar-refractivity contribution in [2.45, 2.75) is 70.9 Å². The van der Waals surface area contributed by atoms with Crippen LogP contribution in [0.1, 0.15) is 68.3 Å². The molecular formula is C27H37N3O2. The number of hydrogen-bond donors (Lipinski definition) is 2. The van der Waals surface area contributed by atoms with Gasteiger partial charge in [0.25, 0.3) is 0 Å². The van der Waals surface area contributed by atoms with Crippen molar-refractivity contribution in [2.24, 2.45) is 5.73 Å². The number of hydrogen-bond acceptors (Lipinski definition) is 3. The van der Waals surface area contributed by atoms with Crippen LogP contribution in [0.15, 0.2) is 48.5 Å². The summed E-state index contributed by atoms with van der Waals surface area (Å²) in [5.41, 5.74) is 9.22. The van der Waals surface area contributed by atoms with Crippen molar-refractivity contribution in [2.75, 3.05) is 13.1 Å². The van der Waals surface area contributed by atoms with Crippen LogP contribution in [-0.4, -0.2) is 41.9 Å². The van der Waals surface area contributed by atoms with Crippen LogP contribution >= 0.6 is 0 Å². The van der Waals surface area contributed by atoms with Crippen molar-refractivity contribution >= 4 is 11.8 Å². The van der Waals surface area contributed by atoms with Crippen LogP contribution < -0.4 is 11.1 Å². The van der Waals surface area contributed by atoms with Gasteiger partial charge in [0.1, 0.15) is 0 Å². The molecule has 0 saturated carbocycles. The lowest BCUT2D eigenvalue weighted by molar-refractivity contribution is -0.130. The molecule has 5 nitrogen and oxygen atoms in total. The van der Waals surface area contributed by atoms with E-state index in [4.69, 9.17) is 5.73 Å². The third-order valence-corrected chi connectivity index (χ3v) is 6.40. The zero-order chi connectivity index (χ0) is 22.9. The van der Waals surface area contributed by atoms with Crippen LogP contribution in [-0.2, 0) is 11.2 Å². The quantitative estimate of drug-likeness (QED) is 0.575. The van der Waals surface area contributed by atoms with Crippen LogP contribution in [0, 0.1) is 0 Å². The molecule has 0 bridgehead atoms. The molecule has 5 heteroatoms. The van der Waals surface area contributed by atoms with Gasteiger partial charge in [-0.3, -0.25) is 9.59 Å². The minimum absolute atomic E-state index is 0.307. The molecule has 3 N–H and O–H groups in total. The third kappa shape index (κ3) is 6.67. The van der Waals surface area contributed by atoms with Crippen LogP contribution in [0.4, 0.5) is 0 Å². The van der Waals surface area contributed by atoms with E-state index in [1.807, 2.05) is 30.3 Å². The van der Waals surface area contributed by atoms with Crippen molar-refractivity contribution in [1.82, 2.24) is 10.2 Å². The molecule has 0 aliphatic carbocycles. The molecule has 1 fully saturated rings. The average Bonchev–Trinajstić information content (AvgIpc) is 3.00. The summed E-state index contributed by atoms with van der Waals surface area (Å²) in [5.74, 6) is -0.0897. The van der Waals surface area contributed by atoms with E-state index in [1.165, 1.54) is 5.56 Å². The maximum Gasteiger partial charge on any atom is 0.249 e. The highest BCUT2D eigenvalue weighted by molar-refractivity contribution is 5.99. The number of rotatable bonds is 10. The van der Waals surface area contributed by atoms with Gasteiger partial charge in [-0.05, 0) is 61.8 Å². The summed E-state index contributed by atoms with van der Waals surface area (Å²) in [6.45, 7) is 6.17. The molecular weight excluding hydrogens is 398 g/mol. The Bertz CT molecular complexity index is 911. The van der Waals surface area contributed by atoms with E-state index >= 15 is 0 Å². The molecule has 172 valence electrons. The van der Waals surface area contributed by atoms with Gasteiger partial charge in [-0.2, -0.15) is 0 Å². The lowest BCUT2D eigenvalue weighted by Gasteiger charge is -2.26. The van der Waals surface area contributed by atoms with E-state index in [1.54, 1.807) is 6.07 Å². The summed E-state index contributed by atoms with van der Waals surface area (Å²) in [6.07, 6.45) is 6.95. The second-order valence-electron chi connectivity index (χ2n) is 8.97. The van der Waals surface area contributed by atoms with E-state index in [0.29, 0.717) is 30.0 Å². The molecule has 2 unspecified atom stereocenters. The second kappa shape index (κ2) is 11.8. The van der Waals surface area contributed by atoms with Gasteiger partial charge in [0.2, 0.25) is 11.8 Å². The van der Waals surface area contributed by atoms with Crippen molar-refractivity contribution in [1.29, 1.82) is 0 Å². The first-order chi connectivity index (χ1) is 15.5. The monoisotopic (exact) mass is 435 g/mol. The average molecular weight is 436 g/mol. The molecule has 0 radical (unpaired) electrons. The van der Waals surface area contributed by atoms with E-state index in [0.717, 1.165) is 62.7 Å². The summed E-state index contributed by atoms with van der Waals surface area (Å²) in [7, 11) is 0. The van der Waals surface area contributed by atoms with Gasteiger partial charge in [0.15, 0.2) is 0 Å². The van der Waals surface area contributed by atoms with Crippen molar-refractivity contribution in [3.8, 4) is 11.1 Å². The zero-order valence-electron chi connectivity index (χ0n) is 19.5. The van der Waals surface area contributed by atoms with E-state index in [9.17, 15) is 9.59 Å². The molecule has 1 aliphatic rings. The van der Waals surface area contributed by atoms with Crippen LogP contribution in [0.2, 0.25) is 0 Å². The first-order valence-electron chi connectivity index (χ1n) is 12.0. The summed E-state index contributed by atoms with van der Waals surface area (Å²) >= 11 is 0.